The Morgan fingerprint density at radius 3 is 2.86 bits per heavy atom. The fourth-order valence-electron chi connectivity index (χ4n) is 3.49. The molecule has 0 aromatic heterocycles. The van der Waals surface area contributed by atoms with Crippen LogP contribution in [0.2, 0.25) is 0 Å². The van der Waals surface area contributed by atoms with Crippen LogP contribution in [0.3, 0.4) is 0 Å². The van der Waals surface area contributed by atoms with E-state index in [0.29, 0.717) is 13.0 Å². The van der Waals surface area contributed by atoms with E-state index in [1.807, 2.05) is 6.08 Å². The van der Waals surface area contributed by atoms with Crippen molar-refractivity contribution >= 4 is 22.6 Å². The Labute approximate surface area is 130 Å². The first kappa shape index (κ1) is 13.5. The van der Waals surface area contributed by atoms with Crippen molar-refractivity contribution in [2.45, 2.75) is 18.9 Å². The van der Waals surface area contributed by atoms with Gasteiger partial charge in [0.05, 0.1) is 12.2 Å². The molecule has 4 rings (SSSR count). The van der Waals surface area contributed by atoms with Crippen LogP contribution < -0.4 is 0 Å². The molecule has 1 heterocycles. The van der Waals surface area contributed by atoms with Gasteiger partial charge >= 0.3 is 0 Å². The zero-order chi connectivity index (χ0) is 15.2. The van der Waals surface area contributed by atoms with Gasteiger partial charge in [-0.2, -0.15) is 0 Å². The number of hydrogen-bond donors (Lipinski definition) is 0. The van der Waals surface area contributed by atoms with Gasteiger partial charge < -0.3 is 4.74 Å². The minimum atomic E-state index is -0.323. The molecule has 0 spiro atoms. The van der Waals surface area contributed by atoms with Gasteiger partial charge in [0, 0.05) is 12.3 Å². The predicted molar refractivity (Wildman–Crippen MR) is 88.5 cm³/mol. The minimum Gasteiger partial charge on any atom is -0.366 e. The normalized spacial score (nSPS) is 29.2. The number of allylic oxidation sites excluding steroid dienone is 1. The second-order valence-electron chi connectivity index (χ2n) is 6.35. The van der Waals surface area contributed by atoms with E-state index in [2.05, 4.69) is 55.5 Å². The van der Waals surface area contributed by atoms with Gasteiger partial charge in [-0.15, -0.1) is 0 Å². The molecule has 0 saturated carbocycles. The van der Waals surface area contributed by atoms with Crippen LogP contribution in [0, 0.1) is 5.92 Å². The van der Waals surface area contributed by atoms with E-state index in [-0.39, 0.29) is 17.3 Å². The van der Waals surface area contributed by atoms with Gasteiger partial charge in [0.1, 0.15) is 0 Å². The largest absolute Gasteiger partial charge is 0.366 e. The molecule has 2 nitrogen and oxygen atoms in total. The molecule has 2 atom stereocenters. The van der Waals surface area contributed by atoms with Gasteiger partial charge in [-0.3, -0.25) is 4.79 Å². The van der Waals surface area contributed by atoms with Crippen molar-refractivity contribution in [2.24, 2.45) is 5.92 Å². The molecule has 2 aromatic carbocycles. The van der Waals surface area contributed by atoms with Gasteiger partial charge in [-0.25, -0.2) is 0 Å². The molecule has 0 radical (unpaired) electrons. The number of rotatable bonds is 1. The maximum Gasteiger partial charge on any atom is 0.156 e. The number of fused-ring (bicyclic) bond motifs is 2. The molecule has 110 valence electrons. The molecule has 2 heteroatoms. The van der Waals surface area contributed by atoms with Gasteiger partial charge in [0.15, 0.2) is 5.78 Å². The molecular weight excluding hydrogens is 272 g/mol. The monoisotopic (exact) mass is 290 g/mol. The predicted octanol–water partition coefficient (Wildman–Crippen LogP) is 4.16. The summed E-state index contributed by atoms with van der Waals surface area (Å²) >= 11 is 0. The molecule has 0 amide bonds. The van der Waals surface area contributed by atoms with E-state index in [9.17, 15) is 4.79 Å². The lowest BCUT2D eigenvalue weighted by Crippen LogP contribution is -2.34. The summed E-state index contributed by atoms with van der Waals surface area (Å²) in [4.78, 5) is 11.8. The Balaban J connectivity index is 1.72. The van der Waals surface area contributed by atoms with E-state index < -0.39 is 0 Å². The van der Waals surface area contributed by atoms with Crippen LogP contribution in [-0.2, 0) is 9.53 Å². The number of carbonyl (C=O) groups excluding carboxylic acids is 1. The second kappa shape index (κ2) is 4.92. The first-order valence-corrected chi connectivity index (χ1v) is 7.69. The smallest absolute Gasteiger partial charge is 0.156 e. The Bertz CT molecular complexity index is 815. The number of hydrogen-bond acceptors (Lipinski definition) is 2. The highest BCUT2D eigenvalue weighted by Gasteiger charge is 2.44. The molecule has 2 aliphatic rings. The van der Waals surface area contributed by atoms with Crippen LogP contribution in [0.4, 0.5) is 0 Å². The lowest BCUT2D eigenvalue weighted by atomic mass is 9.78. The van der Waals surface area contributed by atoms with Crippen molar-refractivity contribution < 1.29 is 9.53 Å². The standard InChI is InChI=1S/C20H18O2/c1-20-9-8-18(21)12-19(20)17(13-22-20)11-14-6-7-15-4-2-3-5-16(15)10-14/h2-11,19H,12-13H2,1H3/b17-11-/t19-,20-/m1/s1. The van der Waals surface area contributed by atoms with Crippen molar-refractivity contribution in [3.05, 3.63) is 65.8 Å². The van der Waals surface area contributed by atoms with Crippen molar-refractivity contribution in [2.75, 3.05) is 6.61 Å². The first-order valence-electron chi connectivity index (χ1n) is 7.69. The number of ketones is 1. The molecular formula is C20H18O2. The number of benzene rings is 2. The highest BCUT2D eigenvalue weighted by molar-refractivity contribution is 5.92. The van der Waals surface area contributed by atoms with E-state index in [4.69, 9.17) is 4.74 Å². The fraction of sp³-hybridized carbons (Fsp3) is 0.250. The maximum atomic E-state index is 11.8. The van der Waals surface area contributed by atoms with Crippen LogP contribution in [0.15, 0.2) is 60.2 Å². The van der Waals surface area contributed by atoms with E-state index in [1.54, 1.807) is 6.08 Å². The van der Waals surface area contributed by atoms with Crippen LogP contribution >= 0.6 is 0 Å². The number of ether oxygens (including phenoxy) is 1. The highest BCUT2D eigenvalue weighted by atomic mass is 16.5. The minimum absolute atomic E-state index is 0.163. The summed E-state index contributed by atoms with van der Waals surface area (Å²) in [5.41, 5.74) is 2.07. The lowest BCUT2D eigenvalue weighted by Gasteiger charge is -2.29. The third kappa shape index (κ3) is 2.20. The molecule has 1 aliphatic heterocycles. The molecule has 22 heavy (non-hydrogen) atoms. The Kier molecular flexibility index (Phi) is 3.02. The molecule has 1 aliphatic carbocycles. The average Bonchev–Trinajstić information content (AvgIpc) is 2.84. The van der Waals surface area contributed by atoms with Gasteiger partial charge in [0.2, 0.25) is 0 Å². The van der Waals surface area contributed by atoms with E-state index in [0.717, 1.165) is 0 Å². The average molecular weight is 290 g/mol. The fourth-order valence-corrected chi connectivity index (χ4v) is 3.49. The van der Waals surface area contributed by atoms with Crippen molar-refractivity contribution in [3.8, 4) is 0 Å². The molecule has 0 N–H and O–H groups in total. The van der Waals surface area contributed by atoms with Crippen molar-refractivity contribution in [1.29, 1.82) is 0 Å². The molecule has 1 fully saturated rings. The summed E-state index contributed by atoms with van der Waals surface area (Å²) in [7, 11) is 0. The third-order valence-electron chi connectivity index (χ3n) is 4.82. The second-order valence-corrected chi connectivity index (χ2v) is 6.35. The van der Waals surface area contributed by atoms with Crippen LogP contribution in [0.1, 0.15) is 18.9 Å². The number of carbonyl (C=O) groups is 1. The Morgan fingerprint density at radius 1 is 1.18 bits per heavy atom. The zero-order valence-corrected chi connectivity index (χ0v) is 12.6. The third-order valence-corrected chi connectivity index (χ3v) is 4.82. The van der Waals surface area contributed by atoms with Crippen LogP contribution in [0.5, 0.6) is 0 Å². The SMILES string of the molecule is C[C@@]12C=CC(=O)C[C@@H]1/C(=C\c1ccc3ccccc3c1)CO2. The summed E-state index contributed by atoms with van der Waals surface area (Å²) in [5.74, 6) is 0.355. The highest BCUT2D eigenvalue weighted by Crippen LogP contribution is 2.42. The summed E-state index contributed by atoms with van der Waals surface area (Å²) in [5, 5.41) is 2.48. The topological polar surface area (TPSA) is 26.3 Å². The van der Waals surface area contributed by atoms with Crippen LogP contribution in [0.25, 0.3) is 16.8 Å². The summed E-state index contributed by atoms with van der Waals surface area (Å²) in [6.07, 6.45) is 6.32. The summed E-state index contributed by atoms with van der Waals surface area (Å²) < 4.78 is 5.96. The van der Waals surface area contributed by atoms with Gasteiger partial charge in [0.25, 0.3) is 0 Å². The Morgan fingerprint density at radius 2 is 2.00 bits per heavy atom. The quantitative estimate of drug-likeness (QED) is 0.788. The van der Waals surface area contributed by atoms with Crippen molar-refractivity contribution in [1.82, 2.24) is 0 Å². The molecule has 2 aromatic rings. The molecule has 1 saturated heterocycles. The first-order chi connectivity index (χ1) is 10.6. The molecule has 0 bridgehead atoms. The molecule has 0 unspecified atom stereocenters. The summed E-state index contributed by atoms with van der Waals surface area (Å²) in [6.45, 7) is 2.67. The summed E-state index contributed by atoms with van der Waals surface area (Å²) in [6, 6.07) is 14.8. The van der Waals surface area contributed by atoms with Crippen molar-refractivity contribution in [3.63, 3.8) is 0 Å². The lowest BCUT2D eigenvalue weighted by molar-refractivity contribution is -0.117. The van der Waals surface area contributed by atoms with Gasteiger partial charge in [-0.05, 0) is 47.1 Å². The zero-order valence-electron chi connectivity index (χ0n) is 12.6. The van der Waals surface area contributed by atoms with E-state index in [1.165, 1.54) is 21.9 Å². The van der Waals surface area contributed by atoms with Crippen LogP contribution in [-0.4, -0.2) is 18.0 Å². The Hall–Kier alpha value is -2.19. The van der Waals surface area contributed by atoms with Gasteiger partial charge in [-0.1, -0.05) is 42.5 Å². The van der Waals surface area contributed by atoms with E-state index >= 15 is 0 Å². The maximum absolute atomic E-state index is 11.8.